The lowest BCUT2D eigenvalue weighted by Gasteiger charge is -2.24. The van der Waals surface area contributed by atoms with Crippen LogP contribution in [0.5, 0.6) is 0 Å². The molecule has 1 aliphatic heterocycles. The topological polar surface area (TPSA) is 70.0 Å². The van der Waals surface area contributed by atoms with Crippen molar-refractivity contribution in [3.05, 3.63) is 34.2 Å². The van der Waals surface area contributed by atoms with Crippen LogP contribution in [-0.2, 0) is 6.54 Å². The first-order valence-electron chi connectivity index (χ1n) is 6.73. The Morgan fingerprint density at radius 2 is 2.20 bits per heavy atom. The summed E-state index contributed by atoms with van der Waals surface area (Å²) < 4.78 is 1.73. The van der Waals surface area contributed by atoms with E-state index in [1.54, 1.807) is 4.57 Å². The predicted octanol–water partition coefficient (Wildman–Crippen LogP) is 1.56. The SMILES string of the molecule is CC(C)N[13C@@H]1[13CH2][13CH2]n2c(=O)[nH]c3cccc(c32)[C@H]1O.Cl. The standard InChI is InChI=1S/C14H19N3O2.ClH/c1-8(2)15-11-6-7-17-12-9(13(11)18)4-3-5-10(12)16-14(17)19;/h3-5,8,11,13,15,18H,6-7H2,1-2H3,(H,16,19);1H/t11-,13-;/m1./s1/i6+1,7+1,11+1;. The number of benzene rings is 1. The number of aromatic nitrogens is 2. The predicted molar refractivity (Wildman–Crippen MR) is 81.4 cm³/mol. The van der Waals surface area contributed by atoms with Gasteiger partial charge in [-0.15, -0.1) is 12.4 Å². The largest absolute Gasteiger partial charge is 0.387 e. The lowest BCUT2D eigenvalue weighted by molar-refractivity contribution is 0.121. The molecule has 2 heterocycles. The number of rotatable bonds is 2. The Hall–Kier alpha value is -1.30. The maximum atomic E-state index is 11.9. The van der Waals surface area contributed by atoms with Crippen molar-refractivity contribution in [3.8, 4) is 0 Å². The number of hydrogen-bond acceptors (Lipinski definition) is 3. The van der Waals surface area contributed by atoms with Gasteiger partial charge in [0.25, 0.3) is 0 Å². The summed E-state index contributed by atoms with van der Waals surface area (Å²) >= 11 is 0. The molecule has 3 rings (SSSR count). The van der Waals surface area contributed by atoms with E-state index < -0.39 is 6.10 Å². The first-order chi connectivity index (χ1) is 9.08. The van der Waals surface area contributed by atoms with Crippen molar-refractivity contribution < 1.29 is 5.11 Å². The number of nitrogens with zero attached hydrogens (tertiary/aromatic N) is 1. The Morgan fingerprint density at radius 3 is 2.90 bits per heavy atom. The van der Waals surface area contributed by atoms with Crippen LogP contribution in [-0.4, -0.2) is 26.7 Å². The van der Waals surface area contributed by atoms with Crippen molar-refractivity contribution in [1.82, 2.24) is 14.9 Å². The van der Waals surface area contributed by atoms with Gasteiger partial charge in [-0.1, -0.05) is 26.0 Å². The second-order valence-electron chi connectivity index (χ2n) is 5.49. The van der Waals surface area contributed by atoms with Crippen LogP contribution in [0.1, 0.15) is 31.9 Å². The lowest BCUT2D eigenvalue weighted by atomic mass is 10.1. The summed E-state index contributed by atoms with van der Waals surface area (Å²) in [5, 5.41) is 14.0. The highest BCUT2D eigenvalue weighted by Crippen LogP contribution is 2.29. The Balaban J connectivity index is 0.00000147. The highest BCUT2D eigenvalue weighted by atomic mass is 35.5. The van der Waals surface area contributed by atoms with Crippen LogP contribution in [0.2, 0.25) is 0 Å². The number of nitrogens with one attached hydrogen (secondary N) is 2. The number of aryl methyl sites for hydroxylation is 1. The third-order valence-electron chi connectivity index (χ3n) is 3.73. The number of imidazole rings is 1. The molecule has 0 amide bonds. The van der Waals surface area contributed by atoms with Gasteiger partial charge in [-0.25, -0.2) is 4.79 Å². The first kappa shape index (κ1) is 15.1. The number of aromatic amines is 1. The molecule has 1 aromatic carbocycles. The average molecular weight is 301 g/mol. The number of aliphatic hydroxyl groups excluding tert-OH is 1. The molecular formula is C14H20ClN3O2. The summed E-state index contributed by atoms with van der Waals surface area (Å²) in [6.07, 6.45) is 0.149. The van der Waals surface area contributed by atoms with Gasteiger partial charge in [-0.3, -0.25) is 4.57 Å². The van der Waals surface area contributed by atoms with Crippen LogP contribution >= 0.6 is 12.4 Å². The number of aliphatic hydroxyl groups is 1. The highest BCUT2D eigenvalue weighted by Gasteiger charge is 2.28. The van der Waals surface area contributed by atoms with Gasteiger partial charge < -0.3 is 15.4 Å². The van der Waals surface area contributed by atoms with Gasteiger partial charge in [0.1, 0.15) is 0 Å². The highest BCUT2D eigenvalue weighted by molar-refractivity contribution is 5.85. The molecule has 0 aliphatic carbocycles. The van der Waals surface area contributed by atoms with E-state index in [0.29, 0.717) is 12.6 Å². The van der Waals surface area contributed by atoms with Crippen LogP contribution < -0.4 is 11.0 Å². The van der Waals surface area contributed by atoms with Crippen molar-refractivity contribution in [2.24, 2.45) is 0 Å². The summed E-state index contributed by atoms with van der Waals surface area (Å²) in [6.45, 7) is 4.74. The van der Waals surface area contributed by atoms with Crippen LogP contribution in [0.3, 0.4) is 0 Å². The van der Waals surface area contributed by atoms with Gasteiger partial charge in [0, 0.05) is 24.2 Å². The molecular weight excluding hydrogens is 281 g/mol. The molecule has 110 valence electrons. The Bertz CT molecular complexity index is 662. The van der Waals surface area contributed by atoms with Crippen molar-refractivity contribution >= 4 is 23.4 Å². The number of halogens is 1. The molecule has 0 unspecified atom stereocenters. The van der Waals surface area contributed by atoms with E-state index in [4.69, 9.17) is 0 Å². The molecule has 1 aromatic heterocycles. The lowest BCUT2D eigenvalue weighted by Crippen LogP contribution is -2.39. The summed E-state index contributed by atoms with van der Waals surface area (Å²) in [5.74, 6) is 0. The summed E-state index contributed by atoms with van der Waals surface area (Å²) in [7, 11) is 0. The zero-order valence-electron chi connectivity index (χ0n) is 11.6. The van der Waals surface area contributed by atoms with Crippen LogP contribution in [0.15, 0.2) is 23.0 Å². The minimum atomic E-state index is -0.588. The molecule has 6 heteroatoms. The van der Waals surface area contributed by atoms with E-state index in [1.165, 1.54) is 0 Å². The monoisotopic (exact) mass is 300 g/mol. The first-order valence-corrected chi connectivity index (χ1v) is 6.73. The van der Waals surface area contributed by atoms with E-state index in [9.17, 15) is 9.90 Å². The number of H-pyrrole nitrogens is 1. The summed E-state index contributed by atoms with van der Waals surface area (Å²) in [4.78, 5) is 14.8. The van der Waals surface area contributed by atoms with Crippen LogP contribution in [0.4, 0.5) is 0 Å². The van der Waals surface area contributed by atoms with Crippen LogP contribution in [0.25, 0.3) is 11.0 Å². The number of hydrogen-bond donors (Lipinski definition) is 3. The van der Waals surface area contributed by atoms with Crippen molar-refractivity contribution in [3.63, 3.8) is 0 Å². The fraction of sp³-hybridized carbons (Fsp3) is 0.500. The third kappa shape index (κ3) is 2.37. The fourth-order valence-electron chi connectivity index (χ4n) is 2.95. The van der Waals surface area contributed by atoms with Gasteiger partial charge in [-0.2, -0.15) is 0 Å². The molecule has 2 aromatic rings. The molecule has 0 saturated carbocycles. The van der Waals surface area contributed by atoms with Gasteiger partial charge in [0.05, 0.1) is 17.1 Å². The molecule has 3 N–H and O–H groups in total. The maximum absolute atomic E-state index is 11.9. The molecule has 0 spiro atoms. The molecule has 5 nitrogen and oxygen atoms in total. The van der Waals surface area contributed by atoms with Gasteiger partial charge in [0.15, 0.2) is 0 Å². The maximum Gasteiger partial charge on any atom is 0.326 e. The van der Waals surface area contributed by atoms with E-state index >= 15 is 0 Å². The van der Waals surface area contributed by atoms with Crippen LogP contribution in [0, 0.1) is 0 Å². The summed E-state index contributed by atoms with van der Waals surface area (Å²) in [5.41, 5.74) is 2.37. The molecule has 1 aliphatic rings. The van der Waals surface area contributed by atoms with E-state index in [0.717, 1.165) is 23.0 Å². The second-order valence-corrected chi connectivity index (χ2v) is 5.49. The third-order valence-corrected chi connectivity index (χ3v) is 3.73. The molecule has 0 fully saturated rings. The Labute approximate surface area is 123 Å². The molecule has 0 bridgehead atoms. The molecule has 0 radical (unpaired) electrons. The van der Waals surface area contributed by atoms with Crippen molar-refractivity contribution in [1.29, 1.82) is 0 Å². The smallest absolute Gasteiger partial charge is 0.326 e. The van der Waals surface area contributed by atoms with Crippen molar-refractivity contribution in [2.75, 3.05) is 0 Å². The summed E-state index contributed by atoms with van der Waals surface area (Å²) in [6, 6.07) is 5.93. The molecule has 0 saturated heterocycles. The van der Waals surface area contributed by atoms with E-state index in [2.05, 4.69) is 24.1 Å². The van der Waals surface area contributed by atoms with E-state index in [1.807, 2.05) is 18.2 Å². The zero-order chi connectivity index (χ0) is 13.6. The normalized spacial score (nSPS) is 21.8. The fourth-order valence-corrected chi connectivity index (χ4v) is 2.95. The Kier molecular flexibility index (Phi) is 4.22. The average Bonchev–Trinajstić information content (AvgIpc) is 2.61. The quantitative estimate of drug-likeness (QED) is 0.737. The molecule has 2 atom stereocenters. The van der Waals surface area contributed by atoms with Gasteiger partial charge in [-0.05, 0) is 12.5 Å². The van der Waals surface area contributed by atoms with Gasteiger partial charge >= 0.3 is 5.69 Å². The second kappa shape index (κ2) is 5.60. The van der Waals surface area contributed by atoms with Crippen molar-refractivity contribution in [2.45, 2.75) is 45.0 Å². The minimum Gasteiger partial charge on any atom is -0.387 e. The molecule has 20 heavy (non-hydrogen) atoms. The van der Waals surface area contributed by atoms with E-state index in [-0.39, 0.29) is 24.1 Å². The minimum absolute atomic E-state index is 0. The zero-order valence-corrected chi connectivity index (χ0v) is 12.4. The number of para-hydroxylation sites is 1. The Morgan fingerprint density at radius 1 is 1.45 bits per heavy atom. The van der Waals surface area contributed by atoms with Gasteiger partial charge in [0.2, 0.25) is 0 Å².